The number of esters is 1. The molecule has 0 saturated carbocycles. The van der Waals surface area contributed by atoms with Gasteiger partial charge >= 0.3 is 5.97 Å². The van der Waals surface area contributed by atoms with Crippen LogP contribution >= 0.6 is 0 Å². The average Bonchev–Trinajstić information content (AvgIpc) is 3.09. The van der Waals surface area contributed by atoms with Crippen LogP contribution in [0.25, 0.3) is 0 Å². The van der Waals surface area contributed by atoms with E-state index in [1.807, 2.05) is 37.3 Å². The van der Waals surface area contributed by atoms with Crippen molar-refractivity contribution >= 4 is 23.5 Å². The third-order valence-electron chi connectivity index (χ3n) is 4.57. The minimum Gasteiger partial charge on any atom is -0.492 e. The van der Waals surface area contributed by atoms with E-state index in [9.17, 15) is 14.4 Å². The third kappa shape index (κ3) is 5.57. The Morgan fingerprint density at radius 3 is 2.59 bits per heavy atom. The molecule has 7 nitrogen and oxygen atoms in total. The average molecular weight is 396 g/mol. The van der Waals surface area contributed by atoms with Crippen LogP contribution < -0.4 is 10.1 Å². The van der Waals surface area contributed by atoms with Gasteiger partial charge in [-0.3, -0.25) is 14.4 Å². The van der Waals surface area contributed by atoms with E-state index in [1.54, 1.807) is 29.2 Å². The predicted octanol–water partition coefficient (Wildman–Crippen LogP) is 2.62. The van der Waals surface area contributed by atoms with Crippen LogP contribution in [0.3, 0.4) is 0 Å². The van der Waals surface area contributed by atoms with Gasteiger partial charge in [-0.2, -0.15) is 0 Å². The number of anilines is 1. The first-order valence-electron chi connectivity index (χ1n) is 9.57. The zero-order valence-electron chi connectivity index (χ0n) is 16.3. The van der Waals surface area contributed by atoms with Crippen molar-refractivity contribution in [1.29, 1.82) is 0 Å². The molecule has 0 aliphatic carbocycles. The van der Waals surface area contributed by atoms with Gasteiger partial charge in [-0.1, -0.05) is 42.5 Å². The number of hydrogen-bond donors (Lipinski definition) is 1. The first-order chi connectivity index (χ1) is 14.1. The molecule has 1 heterocycles. The largest absolute Gasteiger partial charge is 0.492 e. The van der Waals surface area contributed by atoms with E-state index in [1.165, 1.54) is 0 Å². The SMILES string of the molecule is CCOc1ccccc1NC(=O)COC(=O)[C@H]1CC(=O)N(Cc2ccccc2)C1. The van der Waals surface area contributed by atoms with Crippen molar-refractivity contribution in [2.24, 2.45) is 5.92 Å². The molecule has 1 N–H and O–H groups in total. The number of carbonyl (C=O) groups is 3. The Bertz CT molecular complexity index is 869. The molecule has 1 fully saturated rings. The van der Waals surface area contributed by atoms with E-state index in [4.69, 9.17) is 9.47 Å². The highest BCUT2D eigenvalue weighted by molar-refractivity contribution is 5.94. The lowest BCUT2D eigenvalue weighted by Gasteiger charge is -2.16. The number of benzene rings is 2. The fourth-order valence-electron chi connectivity index (χ4n) is 3.18. The Hall–Kier alpha value is -3.35. The number of nitrogens with one attached hydrogen (secondary N) is 1. The summed E-state index contributed by atoms with van der Waals surface area (Å²) in [6.45, 7) is 2.66. The highest BCUT2D eigenvalue weighted by atomic mass is 16.5. The lowest BCUT2D eigenvalue weighted by Crippen LogP contribution is -2.28. The van der Waals surface area contributed by atoms with E-state index >= 15 is 0 Å². The molecule has 29 heavy (non-hydrogen) atoms. The summed E-state index contributed by atoms with van der Waals surface area (Å²) < 4.78 is 10.6. The van der Waals surface area contributed by atoms with Crippen molar-refractivity contribution < 1.29 is 23.9 Å². The third-order valence-corrected chi connectivity index (χ3v) is 4.57. The highest BCUT2D eigenvalue weighted by Gasteiger charge is 2.35. The van der Waals surface area contributed by atoms with Crippen molar-refractivity contribution in [1.82, 2.24) is 4.90 Å². The van der Waals surface area contributed by atoms with Crippen molar-refractivity contribution in [3.05, 3.63) is 60.2 Å². The van der Waals surface area contributed by atoms with Crippen LogP contribution in [-0.2, 0) is 25.7 Å². The van der Waals surface area contributed by atoms with Crippen LogP contribution in [0.5, 0.6) is 5.75 Å². The first-order valence-corrected chi connectivity index (χ1v) is 9.57. The quantitative estimate of drug-likeness (QED) is 0.694. The van der Waals surface area contributed by atoms with Gasteiger partial charge in [0.2, 0.25) is 5.91 Å². The number of nitrogens with zero attached hydrogens (tertiary/aromatic N) is 1. The second kappa shape index (κ2) is 9.73. The van der Waals surface area contributed by atoms with E-state index < -0.39 is 24.4 Å². The van der Waals surface area contributed by atoms with Crippen molar-refractivity contribution in [3.63, 3.8) is 0 Å². The summed E-state index contributed by atoms with van der Waals surface area (Å²) in [4.78, 5) is 38.3. The van der Waals surface area contributed by atoms with Crippen molar-refractivity contribution in [3.8, 4) is 5.75 Å². The Kier molecular flexibility index (Phi) is 6.84. The molecular formula is C22H24N2O5. The summed E-state index contributed by atoms with van der Waals surface area (Å²) >= 11 is 0. The summed E-state index contributed by atoms with van der Waals surface area (Å²) in [5.74, 6) is -1.11. The Balaban J connectivity index is 1.48. The summed E-state index contributed by atoms with van der Waals surface area (Å²) in [5.41, 5.74) is 1.52. The summed E-state index contributed by atoms with van der Waals surface area (Å²) in [7, 11) is 0. The van der Waals surface area contributed by atoms with Gasteiger partial charge in [0, 0.05) is 19.5 Å². The van der Waals surface area contributed by atoms with Crippen molar-refractivity contribution in [2.75, 3.05) is 25.1 Å². The molecule has 3 rings (SSSR count). The molecule has 7 heteroatoms. The van der Waals surface area contributed by atoms with Gasteiger partial charge in [0.25, 0.3) is 5.91 Å². The summed E-state index contributed by atoms with van der Waals surface area (Å²) in [6, 6.07) is 16.6. The van der Waals surface area contributed by atoms with Crippen LogP contribution in [-0.4, -0.2) is 42.4 Å². The smallest absolute Gasteiger partial charge is 0.311 e. The number of rotatable bonds is 8. The minimum atomic E-state index is -0.560. The fraction of sp³-hybridized carbons (Fsp3) is 0.318. The van der Waals surface area contributed by atoms with Gasteiger partial charge in [0.15, 0.2) is 6.61 Å². The van der Waals surface area contributed by atoms with Crippen LogP contribution in [0.2, 0.25) is 0 Å². The minimum absolute atomic E-state index is 0.0918. The molecule has 2 amide bonds. The summed E-state index contributed by atoms with van der Waals surface area (Å²) in [5, 5.41) is 2.67. The van der Waals surface area contributed by atoms with Crippen LogP contribution in [0.15, 0.2) is 54.6 Å². The number of likely N-dealkylation sites (tertiary alicyclic amines) is 1. The van der Waals surface area contributed by atoms with E-state index in [-0.39, 0.29) is 12.3 Å². The standard InChI is InChI=1S/C22H24N2O5/c1-2-28-19-11-7-6-10-18(19)23-20(25)15-29-22(27)17-12-21(26)24(14-17)13-16-8-4-3-5-9-16/h3-11,17H,2,12-15H2,1H3,(H,23,25)/t17-/m0/s1. The molecule has 1 aliphatic heterocycles. The van der Waals surface area contributed by atoms with Crippen LogP contribution in [0, 0.1) is 5.92 Å². The monoisotopic (exact) mass is 396 g/mol. The molecule has 0 spiro atoms. The molecule has 0 bridgehead atoms. The number of hydrogen-bond acceptors (Lipinski definition) is 5. The Morgan fingerprint density at radius 2 is 1.83 bits per heavy atom. The van der Waals surface area contributed by atoms with Gasteiger partial charge in [-0.05, 0) is 24.6 Å². The van der Waals surface area contributed by atoms with E-state index in [0.717, 1.165) is 5.56 Å². The molecule has 1 aliphatic rings. The van der Waals surface area contributed by atoms with Gasteiger partial charge < -0.3 is 19.7 Å². The number of ether oxygens (including phenoxy) is 2. The van der Waals surface area contributed by atoms with Gasteiger partial charge in [-0.15, -0.1) is 0 Å². The van der Waals surface area contributed by atoms with Gasteiger partial charge in [0.1, 0.15) is 5.75 Å². The molecule has 0 unspecified atom stereocenters. The Morgan fingerprint density at radius 1 is 1.10 bits per heavy atom. The molecule has 1 atom stereocenters. The predicted molar refractivity (Wildman–Crippen MR) is 107 cm³/mol. The topological polar surface area (TPSA) is 84.9 Å². The zero-order valence-corrected chi connectivity index (χ0v) is 16.3. The zero-order chi connectivity index (χ0) is 20.6. The van der Waals surface area contributed by atoms with Gasteiger partial charge in [-0.25, -0.2) is 0 Å². The van der Waals surface area contributed by atoms with Crippen LogP contribution in [0.4, 0.5) is 5.69 Å². The second-order valence-electron chi connectivity index (χ2n) is 6.75. The summed E-state index contributed by atoms with van der Waals surface area (Å²) in [6.07, 6.45) is 0.0977. The lowest BCUT2D eigenvalue weighted by atomic mass is 10.1. The maximum atomic E-state index is 12.3. The fourth-order valence-corrected chi connectivity index (χ4v) is 3.18. The van der Waals surface area contributed by atoms with E-state index in [2.05, 4.69) is 5.32 Å². The molecule has 152 valence electrons. The Labute approximate surface area is 169 Å². The maximum absolute atomic E-state index is 12.3. The van der Waals surface area contributed by atoms with Crippen molar-refractivity contribution in [2.45, 2.75) is 19.9 Å². The van der Waals surface area contributed by atoms with Gasteiger partial charge in [0.05, 0.1) is 18.2 Å². The molecular weight excluding hydrogens is 372 g/mol. The molecule has 2 aromatic carbocycles. The molecule has 2 aromatic rings. The maximum Gasteiger partial charge on any atom is 0.311 e. The van der Waals surface area contributed by atoms with E-state index in [0.29, 0.717) is 31.1 Å². The highest BCUT2D eigenvalue weighted by Crippen LogP contribution is 2.24. The van der Waals surface area contributed by atoms with Crippen LogP contribution in [0.1, 0.15) is 18.9 Å². The first kappa shape index (κ1) is 20.4. The molecule has 0 radical (unpaired) electrons. The number of para-hydroxylation sites is 2. The molecule has 1 saturated heterocycles. The number of amides is 2. The molecule has 0 aromatic heterocycles. The number of carbonyl (C=O) groups excluding carboxylic acids is 3. The lowest BCUT2D eigenvalue weighted by molar-refractivity contribution is -0.151. The normalized spacial score (nSPS) is 15.8. The second-order valence-corrected chi connectivity index (χ2v) is 6.75.